The second-order valence-corrected chi connectivity index (χ2v) is 5.23. The number of hydrogen-bond donors (Lipinski definition) is 1. The topological polar surface area (TPSA) is 56.8 Å². The van der Waals surface area contributed by atoms with Crippen LogP contribution in [0.2, 0.25) is 5.02 Å². The number of carbonyl (C=O) groups is 1. The van der Waals surface area contributed by atoms with E-state index in [0.29, 0.717) is 28.0 Å². The summed E-state index contributed by atoms with van der Waals surface area (Å²) in [5.74, 6) is 1.27. The summed E-state index contributed by atoms with van der Waals surface area (Å²) in [6, 6.07) is 10.4. The molecule has 0 bridgehead atoms. The lowest BCUT2D eigenvalue weighted by molar-refractivity contribution is -0.111. The maximum atomic E-state index is 12.0. The average Bonchev–Trinajstić information content (AvgIpc) is 2.58. The molecule has 0 heterocycles. The predicted molar refractivity (Wildman–Crippen MR) is 95.2 cm³/mol. The molecule has 0 saturated carbocycles. The summed E-state index contributed by atoms with van der Waals surface area (Å²) in [7, 11) is 4.61. The van der Waals surface area contributed by atoms with Crippen molar-refractivity contribution < 1.29 is 19.0 Å². The molecule has 0 atom stereocenters. The van der Waals surface area contributed by atoms with Crippen LogP contribution in [0.3, 0.4) is 0 Å². The average molecular weight is 348 g/mol. The third-order valence-corrected chi connectivity index (χ3v) is 3.44. The molecule has 0 aliphatic rings. The molecule has 6 heteroatoms. The predicted octanol–water partition coefficient (Wildman–Crippen LogP) is 4.02. The van der Waals surface area contributed by atoms with E-state index in [1.807, 2.05) is 0 Å². The Kier molecular flexibility index (Phi) is 6.09. The molecule has 0 aliphatic heterocycles. The molecule has 0 aromatic heterocycles. The Morgan fingerprint density at radius 3 is 2.25 bits per heavy atom. The molecule has 24 heavy (non-hydrogen) atoms. The van der Waals surface area contributed by atoms with Gasteiger partial charge in [-0.1, -0.05) is 17.7 Å². The van der Waals surface area contributed by atoms with Gasteiger partial charge in [0.15, 0.2) is 11.5 Å². The third kappa shape index (κ3) is 4.43. The highest BCUT2D eigenvalue weighted by Gasteiger charge is 2.12. The fourth-order valence-electron chi connectivity index (χ4n) is 2.12. The molecule has 2 rings (SSSR count). The van der Waals surface area contributed by atoms with Gasteiger partial charge in [-0.15, -0.1) is 0 Å². The van der Waals surface area contributed by atoms with E-state index < -0.39 is 0 Å². The van der Waals surface area contributed by atoms with Crippen molar-refractivity contribution in [2.45, 2.75) is 0 Å². The second-order valence-electron chi connectivity index (χ2n) is 4.79. The Morgan fingerprint density at radius 2 is 1.71 bits per heavy atom. The highest BCUT2D eigenvalue weighted by atomic mass is 35.5. The molecule has 0 spiro atoms. The Labute approximate surface area is 145 Å². The second kappa shape index (κ2) is 8.26. The zero-order valence-electron chi connectivity index (χ0n) is 13.6. The van der Waals surface area contributed by atoms with Gasteiger partial charge in [-0.25, -0.2) is 0 Å². The normalized spacial score (nSPS) is 10.5. The number of benzene rings is 2. The van der Waals surface area contributed by atoms with Gasteiger partial charge in [0, 0.05) is 16.8 Å². The largest absolute Gasteiger partial charge is 0.493 e. The molecule has 0 saturated heterocycles. The Balaban J connectivity index is 2.17. The van der Waals surface area contributed by atoms with Crippen LogP contribution < -0.4 is 19.5 Å². The molecule has 126 valence electrons. The van der Waals surface area contributed by atoms with E-state index in [-0.39, 0.29) is 5.91 Å². The number of nitrogens with one attached hydrogen (secondary N) is 1. The van der Waals surface area contributed by atoms with Crippen LogP contribution in [-0.4, -0.2) is 27.2 Å². The molecule has 5 nitrogen and oxygen atoms in total. The molecular formula is C18H18ClNO4. The number of amides is 1. The van der Waals surface area contributed by atoms with Crippen LogP contribution >= 0.6 is 11.6 Å². The van der Waals surface area contributed by atoms with Gasteiger partial charge in [0.25, 0.3) is 0 Å². The summed E-state index contributed by atoms with van der Waals surface area (Å²) in [4.78, 5) is 12.0. The summed E-state index contributed by atoms with van der Waals surface area (Å²) >= 11 is 5.89. The van der Waals surface area contributed by atoms with E-state index in [1.165, 1.54) is 27.4 Å². The lowest BCUT2D eigenvalue weighted by atomic mass is 10.1. The number of anilines is 1. The van der Waals surface area contributed by atoms with E-state index >= 15 is 0 Å². The van der Waals surface area contributed by atoms with Crippen molar-refractivity contribution >= 4 is 29.3 Å². The SMILES string of the molecule is COc1cc(/C=C/C(=O)Nc2cccc(Cl)c2)cc(OC)c1OC. The number of ether oxygens (including phenoxy) is 3. The molecule has 1 amide bonds. The highest BCUT2D eigenvalue weighted by molar-refractivity contribution is 6.30. The van der Waals surface area contributed by atoms with Crippen molar-refractivity contribution in [3.05, 3.63) is 53.1 Å². The van der Waals surface area contributed by atoms with Gasteiger partial charge in [-0.2, -0.15) is 0 Å². The summed E-state index contributed by atoms with van der Waals surface area (Å²) in [5, 5.41) is 3.29. The van der Waals surface area contributed by atoms with Crippen molar-refractivity contribution in [3.8, 4) is 17.2 Å². The lowest BCUT2D eigenvalue weighted by Crippen LogP contribution is -2.07. The van der Waals surface area contributed by atoms with Crippen LogP contribution in [0.25, 0.3) is 6.08 Å². The third-order valence-electron chi connectivity index (χ3n) is 3.21. The molecule has 0 radical (unpaired) electrons. The van der Waals surface area contributed by atoms with Crippen LogP contribution in [0.5, 0.6) is 17.2 Å². The summed E-state index contributed by atoms with van der Waals surface area (Å²) in [6.45, 7) is 0. The maximum absolute atomic E-state index is 12.0. The zero-order chi connectivity index (χ0) is 17.5. The number of carbonyl (C=O) groups excluding carboxylic acids is 1. The molecule has 0 fully saturated rings. The summed E-state index contributed by atoms with van der Waals surface area (Å²) < 4.78 is 15.8. The summed E-state index contributed by atoms with van der Waals surface area (Å²) in [5.41, 5.74) is 1.37. The maximum Gasteiger partial charge on any atom is 0.248 e. The summed E-state index contributed by atoms with van der Waals surface area (Å²) in [6.07, 6.45) is 3.08. The first kappa shape index (κ1) is 17.7. The fourth-order valence-corrected chi connectivity index (χ4v) is 2.31. The van der Waals surface area contributed by atoms with Crippen molar-refractivity contribution in [3.63, 3.8) is 0 Å². The molecule has 0 aliphatic carbocycles. The lowest BCUT2D eigenvalue weighted by Gasteiger charge is -2.12. The van der Waals surface area contributed by atoms with Crippen LogP contribution in [0.4, 0.5) is 5.69 Å². The Morgan fingerprint density at radius 1 is 1.04 bits per heavy atom. The van der Waals surface area contributed by atoms with Crippen LogP contribution in [0, 0.1) is 0 Å². The Hall–Kier alpha value is -2.66. The Bertz CT molecular complexity index is 733. The molecule has 2 aromatic rings. The van der Waals surface area contributed by atoms with E-state index in [2.05, 4.69) is 5.32 Å². The van der Waals surface area contributed by atoms with Gasteiger partial charge >= 0.3 is 0 Å². The van der Waals surface area contributed by atoms with Gasteiger partial charge in [0.2, 0.25) is 11.7 Å². The number of hydrogen-bond acceptors (Lipinski definition) is 4. The smallest absolute Gasteiger partial charge is 0.248 e. The first-order chi connectivity index (χ1) is 11.6. The van der Waals surface area contributed by atoms with E-state index in [0.717, 1.165) is 5.56 Å². The first-order valence-corrected chi connectivity index (χ1v) is 7.49. The minimum atomic E-state index is -0.272. The van der Waals surface area contributed by atoms with Crippen LogP contribution in [0.15, 0.2) is 42.5 Å². The van der Waals surface area contributed by atoms with Crippen molar-refractivity contribution in [2.75, 3.05) is 26.6 Å². The zero-order valence-corrected chi connectivity index (χ0v) is 14.4. The molecule has 1 N–H and O–H groups in total. The number of methoxy groups -OCH3 is 3. The van der Waals surface area contributed by atoms with Gasteiger partial charge < -0.3 is 19.5 Å². The van der Waals surface area contributed by atoms with Gasteiger partial charge in [-0.05, 0) is 42.0 Å². The van der Waals surface area contributed by atoms with Crippen molar-refractivity contribution in [1.82, 2.24) is 0 Å². The minimum Gasteiger partial charge on any atom is -0.493 e. The first-order valence-electron chi connectivity index (χ1n) is 7.12. The number of halogens is 1. The van der Waals surface area contributed by atoms with Gasteiger partial charge in [0.05, 0.1) is 21.3 Å². The molecule has 0 unspecified atom stereocenters. The van der Waals surface area contributed by atoms with Crippen LogP contribution in [0.1, 0.15) is 5.56 Å². The molecule has 2 aromatic carbocycles. The monoisotopic (exact) mass is 347 g/mol. The fraction of sp³-hybridized carbons (Fsp3) is 0.167. The van der Waals surface area contributed by atoms with E-state index in [4.69, 9.17) is 25.8 Å². The van der Waals surface area contributed by atoms with Crippen molar-refractivity contribution in [2.24, 2.45) is 0 Å². The standard InChI is InChI=1S/C18H18ClNO4/c1-22-15-9-12(10-16(23-2)18(15)24-3)7-8-17(21)20-14-6-4-5-13(19)11-14/h4-11H,1-3H3,(H,20,21)/b8-7+. The quantitative estimate of drug-likeness (QED) is 0.802. The molecular weight excluding hydrogens is 330 g/mol. The van der Waals surface area contributed by atoms with E-state index in [9.17, 15) is 4.79 Å². The van der Waals surface area contributed by atoms with Crippen LogP contribution in [-0.2, 0) is 4.79 Å². The van der Waals surface area contributed by atoms with Gasteiger partial charge in [0.1, 0.15) is 0 Å². The number of rotatable bonds is 6. The van der Waals surface area contributed by atoms with E-state index in [1.54, 1.807) is 42.5 Å². The van der Waals surface area contributed by atoms with Crippen molar-refractivity contribution in [1.29, 1.82) is 0 Å². The minimum absolute atomic E-state index is 0.272. The van der Waals surface area contributed by atoms with Gasteiger partial charge in [-0.3, -0.25) is 4.79 Å². The highest BCUT2D eigenvalue weighted by Crippen LogP contribution is 2.38.